The summed E-state index contributed by atoms with van der Waals surface area (Å²) >= 11 is 1.61. The SMILES string of the molecule is C[C@@H]1Cc2ccccc2N1C(=O)CSc1nc2ccccc2cc1CC1CCCC1. The molecule has 30 heavy (non-hydrogen) atoms. The van der Waals surface area contributed by atoms with E-state index in [1.807, 2.05) is 17.0 Å². The number of para-hydroxylation sites is 2. The minimum Gasteiger partial charge on any atom is -0.308 e. The fraction of sp³-hybridized carbons (Fsp3) is 0.385. The lowest BCUT2D eigenvalue weighted by molar-refractivity contribution is -0.116. The topological polar surface area (TPSA) is 33.2 Å². The molecule has 0 spiro atoms. The predicted molar refractivity (Wildman–Crippen MR) is 125 cm³/mol. The fourth-order valence-corrected chi connectivity index (χ4v) is 5.97. The molecule has 0 N–H and O–H groups in total. The van der Waals surface area contributed by atoms with Gasteiger partial charge in [0, 0.05) is 17.1 Å². The standard InChI is InChI=1S/C26H28N2OS/c1-18-14-21-11-5-7-13-24(21)28(18)25(29)17-30-26-22(15-19-8-2-3-9-19)16-20-10-4-6-12-23(20)27-26/h4-7,10-13,16,18-19H,2-3,8-9,14-15,17H2,1H3/t18-/m1/s1. The van der Waals surface area contributed by atoms with Gasteiger partial charge in [0.15, 0.2) is 0 Å². The molecule has 0 bridgehead atoms. The van der Waals surface area contributed by atoms with E-state index in [0.717, 1.165) is 35.0 Å². The largest absolute Gasteiger partial charge is 0.308 e. The second-order valence-corrected chi connectivity index (χ2v) is 9.70. The summed E-state index contributed by atoms with van der Waals surface area (Å²) in [6.07, 6.45) is 7.35. The van der Waals surface area contributed by atoms with Crippen LogP contribution in [0.15, 0.2) is 59.6 Å². The summed E-state index contributed by atoms with van der Waals surface area (Å²) < 4.78 is 0. The first-order valence-corrected chi connectivity index (χ1v) is 12.1. The average Bonchev–Trinajstić information content (AvgIpc) is 3.38. The molecule has 1 atom stereocenters. The number of hydrogen-bond donors (Lipinski definition) is 0. The second-order valence-electron chi connectivity index (χ2n) is 8.73. The third-order valence-corrected chi connectivity index (χ3v) is 7.57. The van der Waals surface area contributed by atoms with Gasteiger partial charge in [-0.05, 0) is 55.0 Å². The van der Waals surface area contributed by atoms with Gasteiger partial charge in [-0.25, -0.2) is 4.98 Å². The number of carbonyl (C=O) groups is 1. The number of aromatic nitrogens is 1. The highest BCUT2D eigenvalue weighted by molar-refractivity contribution is 8.00. The molecule has 1 fully saturated rings. The van der Waals surface area contributed by atoms with Crippen molar-refractivity contribution < 1.29 is 4.79 Å². The molecule has 2 aromatic carbocycles. The highest BCUT2D eigenvalue weighted by Gasteiger charge is 2.30. The molecule has 1 saturated carbocycles. The molecule has 0 unspecified atom stereocenters. The van der Waals surface area contributed by atoms with Crippen LogP contribution in [0.2, 0.25) is 0 Å². The molecule has 3 nitrogen and oxygen atoms in total. The Labute approximate surface area is 182 Å². The van der Waals surface area contributed by atoms with E-state index < -0.39 is 0 Å². The molecule has 154 valence electrons. The Kier molecular flexibility index (Phi) is 5.51. The number of carbonyl (C=O) groups excluding carboxylic acids is 1. The van der Waals surface area contributed by atoms with Crippen LogP contribution in [0.25, 0.3) is 10.9 Å². The van der Waals surface area contributed by atoms with Gasteiger partial charge >= 0.3 is 0 Å². The van der Waals surface area contributed by atoms with Crippen LogP contribution in [0.1, 0.15) is 43.7 Å². The zero-order chi connectivity index (χ0) is 20.5. The van der Waals surface area contributed by atoms with Gasteiger partial charge in [0.05, 0.1) is 11.3 Å². The number of rotatable bonds is 5. The smallest absolute Gasteiger partial charge is 0.237 e. The molecule has 1 amide bonds. The number of thioether (sulfide) groups is 1. The third kappa shape index (κ3) is 3.85. The molecule has 1 aliphatic carbocycles. The van der Waals surface area contributed by atoms with Crippen LogP contribution in [-0.4, -0.2) is 22.7 Å². The van der Waals surface area contributed by atoms with Gasteiger partial charge in [-0.15, -0.1) is 0 Å². The van der Waals surface area contributed by atoms with Gasteiger partial charge in [-0.1, -0.05) is 73.8 Å². The van der Waals surface area contributed by atoms with E-state index in [2.05, 4.69) is 49.4 Å². The average molecular weight is 417 g/mol. The minimum absolute atomic E-state index is 0.180. The zero-order valence-electron chi connectivity index (χ0n) is 17.5. The Morgan fingerprint density at radius 2 is 1.87 bits per heavy atom. The quantitative estimate of drug-likeness (QED) is 0.476. The number of pyridine rings is 1. The molecule has 2 aliphatic rings. The number of fused-ring (bicyclic) bond motifs is 2. The number of nitrogens with zero attached hydrogens (tertiary/aromatic N) is 2. The van der Waals surface area contributed by atoms with Gasteiger partial charge in [0.25, 0.3) is 0 Å². The summed E-state index contributed by atoms with van der Waals surface area (Å²) in [5.74, 6) is 1.37. The van der Waals surface area contributed by atoms with Crippen LogP contribution in [0.5, 0.6) is 0 Å². The lowest BCUT2D eigenvalue weighted by Crippen LogP contribution is -2.37. The number of amides is 1. The lowest BCUT2D eigenvalue weighted by atomic mass is 9.98. The normalized spacial score (nSPS) is 18.8. The molecule has 0 saturated heterocycles. The number of benzene rings is 2. The second kappa shape index (κ2) is 8.43. The summed E-state index contributed by atoms with van der Waals surface area (Å²) in [5.41, 5.74) is 4.68. The van der Waals surface area contributed by atoms with Gasteiger partial charge in [0.1, 0.15) is 5.03 Å². The molecule has 0 radical (unpaired) electrons. The van der Waals surface area contributed by atoms with E-state index in [1.165, 1.54) is 42.2 Å². The molecule has 4 heteroatoms. The van der Waals surface area contributed by atoms with Crippen LogP contribution >= 0.6 is 11.8 Å². The summed E-state index contributed by atoms with van der Waals surface area (Å²) in [6, 6.07) is 19.1. The van der Waals surface area contributed by atoms with Gasteiger partial charge < -0.3 is 4.90 Å². The molecular weight excluding hydrogens is 388 g/mol. The maximum absolute atomic E-state index is 13.2. The maximum Gasteiger partial charge on any atom is 0.237 e. The van der Waals surface area contributed by atoms with Crippen molar-refractivity contribution >= 4 is 34.3 Å². The van der Waals surface area contributed by atoms with Crippen molar-refractivity contribution in [2.75, 3.05) is 10.7 Å². The molecule has 1 aromatic heterocycles. The first-order valence-electron chi connectivity index (χ1n) is 11.1. The Balaban J connectivity index is 1.38. The van der Waals surface area contributed by atoms with E-state index in [1.54, 1.807) is 11.8 Å². The van der Waals surface area contributed by atoms with Crippen molar-refractivity contribution in [3.63, 3.8) is 0 Å². The highest BCUT2D eigenvalue weighted by atomic mass is 32.2. The van der Waals surface area contributed by atoms with Crippen molar-refractivity contribution in [2.24, 2.45) is 5.92 Å². The van der Waals surface area contributed by atoms with Crippen molar-refractivity contribution in [2.45, 2.75) is 56.5 Å². The van der Waals surface area contributed by atoms with Crippen molar-refractivity contribution in [3.05, 3.63) is 65.7 Å². The minimum atomic E-state index is 0.180. The van der Waals surface area contributed by atoms with Crippen LogP contribution in [0.4, 0.5) is 5.69 Å². The van der Waals surface area contributed by atoms with Gasteiger partial charge in [-0.3, -0.25) is 4.79 Å². The van der Waals surface area contributed by atoms with Crippen molar-refractivity contribution in [1.29, 1.82) is 0 Å². The molecule has 2 heterocycles. The Hall–Kier alpha value is -2.33. The summed E-state index contributed by atoms with van der Waals surface area (Å²) in [4.78, 5) is 20.1. The van der Waals surface area contributed by atoms with Crippen LogP contribution in [0.3, 0.4) is 0 Å². The Bertz CT molecular complexity index is 1070. The van der Waals surface area contributed by atoms with Gasteiger partial charge in [0.2, 0.25) is 5.91 Å². The van der Waals surface area contributed by atoms with E-state index in [4.69, 9.17) is 4.98 Å². The maximum atomic E-state index is 13.2. The fourth-order valence-electron chi connectivity index (χ4n) is 5.08. The Morgan fingerprint density at radius 3 is 2.73 bits per heavy atom. The van der Waals surface area contributed by atoms with E-state index in [0.29, 0.717) is 5.75 Å². The third-order valence-electron chi connectivity index (χ3n) is 6.55. The monoisotopic (exact) mass is 416 g/mol. The Morgan fingerprint density at radius 1 is 1.10 bits per heavy atom. The first-order chi connectivity index (χ1) is 14.7. The van der Waals surface area contributed by atoms with E-state index in [9.17, 15) is 4.79 Å². The molecule has 1 aliphatic heterocycles. The van der Waals surface area contributed by atoms with Gasteiger partial charge in [-0.2, -0.15) is 0 Å². The lowest BCUT2D eigenvalue weighted by Gasteiger charge is -2.23. The molecule has 5 rings (SSSR count). The van der Waals surface area contributed by atoms with Crippen LogP contribution < -0.4 is 4.90 Å². The summed E-state index contributed by atoms with van der Waals surface area (Å²) in [7, 11) is 0. The molecular formula is C26H28N2OS. The van der Waals surface area contributed by atoms with Crippen molar-refractivity contribution in [3.8, 4) is 0 Å². The zero-order valence-corrected chi connectivity index (χ0v) is 18.3. The molecule has 3 aromatic rings. The summed E-state index contributed by atoms with van der Waals surface area (Å²) in [6.45, 7) is 2.14. The van der Waals surface area contributed by atoms with Crippen molar-refractivity contribution in [1.82, 2.24) is 4.98 Å². The van der Waals surface area contributed by atoms with E-state index in [-0.39, 0.29) is 11.9 Å². The van der Waals surface area contributed by atoms with Crippen LogP contribution in [-0.2, 0) is 17.6 Å². The van der Waals surface area contributed by atoms with Crippen LogP contribution in [0, 0.1) is 5.92 Å². The van der Waals surface area contributed by atoms with E-state index >= 15 is 0 Å². The predicted octanol–water partition coefficient (Wildman–Crippen LogP) is 6.04. The number of hydrogen-bond acceptors (Lipinski definition) is 3. The number of anilines is 1. The summed E-state index contributed by atoms with van der Waals surface area (Å²) in [5, 5.41) is 2.23. The highest BCUT2D eigenvalue weighted by Crippen LogP contribution is 2.35. The first kappa shape index (κ1) is 19.6.